The predicted molar refractivity (Wildman–Crippen MR) is 71.1 cm³/mol. The first-order valence-corrected chi connectivity index (χ1v) is 5.97. The predicted octanol–water partition coefficient (Wildman–Crippen LogP) is 2.39. The Morgan fingerprint density at radius 1 is 1.17 bits per heavy atom. The van der Waals surface area contributed by atoms with Crippen molar-refractivity contribution in [1.82, 2.24) is 9.97 Å². The Bertz CT molecular complexity index is 509. The molecule has 0 unspecified atom stereocenters. The van der Waals surface area contributed by atoms with Gasteiger partial charge in [-0.15, -0.1) is 0 Å². The maximum absolute atomic E-state index is 5.60. The first-order chi connectivity index (χ1) is 8.69. The van der Waals surface area contributed by atoms with E-state index in [-0.39, 0.29) is 6.10 Å². The maximum Gasteiger partial charge on any atom is 0.119 e. The van der Waals surface area contributed by atoms with Crippen LogP contribution in [0.25, 0.3) is 11.3 Å². The number of hydrogen-bond acceptors (Lipinski definition) is 4. The summed E-state index contributed by atoms with van der Waals surface area (Å²) in [6.45, 7) is 4.43. The molecule has 0 aliphatic rings. The molecule has 1 aromatic heterocycles. The van der Waals surface area contributed by atoms with Crippen molar-refractivity contribution in [2.75, 3.05) is 0 Å². The highest BCUT2D eigenvalue weighted by Crippen LogP contribution is 2.21. The van der Waals surface area contributed by atoms with Gasteiger partial charge in [0.1, 0.15) is 12.1 Å². The number of rotatable bonds is 4. The fraction of sp³-hybridized carbons (Fsp3) is 0.286. The van der Waals surface area contributed by atoms with Crippen LogP contribution in [-0.2, 0) is 6.54 Å². The lowest BCUT2D eigenvalue weighted by atomic mass is 10.1. The molecule has 2 N–H and O–H groups in total. The minimum Gasteiger partial charge on any atom is -0.491 e. The lowest BCUT2D eigenvalue weighted by Gasteiger charge is -2.10. The molecule has 4 heteroatoms. The Hall–Kier alpha value is -1.94. The van der Waals surface area contributed by atoms with Crippen molar-refractivity contribution in [2.45, 2.75) is 26.5 Å². The topological polar surface area (TPSA) is 61.0 Å². The van der Waals surface area contributed by atoms with Crippen molar-refractivity contribution < 1.29 is 4.74 Å². The Kier molecular flexibility index (Phi) is 3.89. The number of ether oxygens (including phenoxy) is 1. The van der Waals surface area contributed by atoms with Crippen LogP contribution in [0.4, 0.5) is 0 Å². The van der Waals surface area contributed by atoms with Crippen molar-refractivity contribution in [2.24, 2.45) is 5.73 Å². The second kappa shape index (κ2) is 5.60. The SMILES string of the molecule is CC(C)Oc1ccc(-c2cc(CN)ncn2)cc1. The molecule has 2 rings (SSSR count). The van der Waals surface area contributed by atoms with E-state index in [0.717, 1.165) is 22.7 Å². The van der Waals surface area contributed by atoms with Gasteiger partial charge in [0.2, 0.25) is 0 Å². The van der Waals surface area contributed by atoms with Gasteiger partial charge in [-0.3, -0.25) is 0 Å². The third-order valence-corrected chi connectivity index (χ3v) is 2.45. The van der Waals surface area contributed by atoms with E-state index in [9.17, 15) is 0 Å². The molecule has 0 atom stereocenters. The third-order valence-electron chi connectivity index (χ3n) is 2.45. The van der Waals surface area contributed by atoms with Gasteiger partial charge < -0.3 is 10.5 Å². The number of nitrogens with two attached hydrogens (primary N) is 1. The van der Waals surface area contributed by atoms with Crippen LogP contribution in [0, 0.1) is 0 Å². The normalized spacial score (nSPS) is 10.7. The van der Waals surface area contributed by atoms with E-state index in [4.69, 9.17) is 10.5 Å². The number of hydrogen-bond donors (Lipinski definition) is 1. The summed E-state index contributed by atoms with van der Waals surface area (Å²) in [4.78, 5) is 8.32. The standard InChI is InChI=1S/C14H17N3O/c1-10(2)18-13-5-3-11(4-6-13)14-7-12(8-15)16-9-17-14/h3-7,9-10H,8,15H2,1-2H3. The monoisotopic (exact) mass is 243 g/mol. The van der Waals surface area contributed by atoms with Crippen LogP contribution in [0.3, 0.4) is 0 Å². The summed E-state index contributed by atoms with van der Waals surface area (Å²) in [5.74, 6) is 0.863. The van der Waals surface area contributed by atoms with Crippen LogP contribution >= 0.6 is 0 Å². The molecule has 1 heterocycles. The zero-order valence-electron chi connectivity index (χ0n) is 10.6. The van der Waals surface area contributed by atoms with Crippen LogP contribution in [0.5, 0.6) is 5.75 Å². The second-order valence-electron chi connectivity index (χ2n) is 4.29. The maximum atomic E-state index is 5.60. The highest BCUT2D eigenvalue weighted by atomic mass is 16.5. The van der Waals surface area contributed by atoms with E-state index in [1.165, 1.54) is 6.33 Å². The fourth-order valence-electron chi connectivity index (χ4n) is 1.64. The Labute approximate surface area is 107 Å². The first kappa shape index (κ1) is 12.5. The molecule has 0 fully saturated rings. The highest BCUT2D eigenvalue weighted by Gasteiger charge is 2.02. The van der Waals surface area contributed by atoms with Crippen LogP contribution < -0.4 is 10.5 Å². The molecule has 0 spiro atoms. The summed E-state index contributed by atoms with van der Waals surface area (Å²) in [5, 5.41) is 0. The molecular formula is C14H17N3O. The van der Waals surface area contributed by atoms with E-state index in [0.29, 0.717) is 6.54 Å². The lowest BCUT2D eigenvalue weighted by Crippen LogP contribution is -2.05. The second-order valence-corrected chi connectivity index (χ2v) is 4.29. The zero-order valence-corrected chi connectivity index (χ0v) is 10.6. The van der Waals surface area contributed by atoms with Gasteiger partial charge in [-0.2, -0.15) is 0 Å². The average Bonchev–Trinajstić information content (AvgIpc) is 2.39. The number of aromatic nitrogens is 2. The molecule has 0 saturated heterocycles. The number of benzene rings is 1. The lowest BCUT2D eigenvalue weighted by molar-refractivity contribution is 0.242. The summed E-state index contributed by atoms with van der Waals surface area (Å²) < 4.78 is 5.60. The molecule has 0 bridgehead atoms. The van der Waals surface area contributed by atoms with Crippen LogP contribution in [-0.4, -0.2) is 16.1 Å². The van der Waals surface area contributed by atoms with Crippen molar-refractivity contribution in [1.29, 1.82) is 0 Å². The smallest absolute Gasteiger partial charge is 0.119 e. The van der Waals surface area contributed by atoms with E-state index < -0.39 is 0 Å². The summed E-state index contributed by atoms with van der Waals surface area (Å²) in [5.41, 5.74) is 8.31. The summed E-state index contributed by atoms with van der Waals surface area (Å²) in [6.07, 6.45) is 1.72. The molecule has 4 nitrogen and oxygen atoms in total. The summed E-state index contributed by atoms with van der Waals surface area (Å²) >= 11 is 0. The minimum absolute atomic E-state index is 0.179. The molecular weight excluding hydrogens is 226 g/mol. The van der Waals surface area contributed by atoms with E-state index >= 15 is 0 Å². The zero-order chi connectivity index (χ0) is 13.0. The Morgan fingerprint density at radius 2 is 1.89 bits per heavy atom. The number of nitrogens with zero attached hydrogens (tertiary/aromatic N) is 2. The molecule has 2 aromatic rings. The molecule has 94 valence electrons. The molecule has 0 saturated carbocycles. The minimum atomic E-state index is 0.179. The van der Waals surface area contributed by atoms with Gasteiger partial charge in [-0.25, -0.2) is 9.97 Å². The summed E-state index contributed by atoms with van der Waals surface area (Å²) in [6, 6.07) is 9.76. The van der Waals surface area contributed by atoms with Crippen LogP contribution in [0.1, 0.15) is 19.5 Å². The van der Waals surface area contributed by atoms with Gasteiger partial charge in [0, 0.05) is 12.1 Å². The molecule has 0 amide bonds. The highest BCUT2D eigenvalue weighted by molar-refractivity contribution is 5.60. The van der Waals surface area contributed by atoms with E-state index in [1.807, 2.05) is 44.2 Å². The fourth-order valence-corrected chi connectivity index (χ4v) is 1.64. The van der Waals surface area contributed by atoms with Crippen molar-refractivity contribution in [3.05, 3.63) is 42.4 Å². The Balaban J connectivity index is 2.22. The molecule has 0 aliphatic carbocycles. The Morgan fingerprint density at radius 3 is 2.50 bits per heavy atom. The van der Waals surface area contributed by atoms with Crippen molar-refractivity contribution >= 4 is 0 Å². The van der Waals surface area contributed by atoms with Gasteiger partial charge in [0.05, 0.1) is 17.5 Å². The largest absolute Gasteiger partial charge is 0.491 e. The van der Waals surface area contributed by atoms with Crippen LogP contribution in [0.15, 0.2) is 36.7 Å². The molecule has 18 heavy (non-hydrogen) atoms. The van der Waals surface area contributed by atoms with Gasteiger partial charge in [-0.05, 0) is 44.2 Å². The average molecular weight is 243 g/mol. The van der Waals surface area contributed by atoms with E-state index in [1.54, 1.807) is 0 Å². The molecule has 1 aromatic carbocycles. The molecule has 0 aliphatic heterocycles. The van der Waals surface area contributed by atoms with Crippen LogP contribution in [0.2, 0.25) is 0 Å². The van der Waals surface area contributed by atoms with E-state index in [2.05, 4.69) is 9.97 Å². The molecule has 0 radical (unpaired) electrons. The quantitative estimate of drug-likeness (QED) is 0.895. The summed E-state index contributed by atoms with van der Waals surface area (Å²) in [7, 11) is 0. The van der Waals surface area contributed by atoms with Crippen molar-refractivity contribution in [3.8, 4) is 17.0 Å². The van der Waals surface area contributed by atoms with Gasteiger partial charge >= 0.3 is 0 Å². The van der Waals surface area contributed by atoms with Gasteiger partial charge in [0.25, 0.3) is 0 Å². The van der Waals surface area contributed by atoms with Crippen molar-refractivity contribution in [3.63, 3.8) is 0 Å². The van der Waals surface area contributed by atoms with Gasteiger partial charge in [0.15, 0.2) is 0 Å². The third kappa shape index (κ3) is 3.05. The van der Waals surface area contributed by atoms with Gasteiger partial charge in [-0.1, -0.05) is 0 Å². The first-order valence-electron chi connectivity index (χ1n) is 5.97.